The van der Waals surface area contributed by atoms with Crippen LogP contribution in [-0.4, -0.2) is 29.6 Å². The van der Waals surface area contributed by atoms with Crippen LogP contribution in [0.2, 0.25) is 0 Å². The Labute approximate surface area is 75.0 Å². The van der Waals surface area contributed by atoms with E-state index in [1.807, 2.05) is 7.05 Å². The second-order valence-corrected chi connectivity index (χ2v) is 3.23. The van der Waals surface area contributed by atoms with Crippen LogP contribution in [0.25, 0.3) is 0 Å². The molecule has 1 N–H and O–H groups in total. The van der Waals surface area contributed by atoms with Gasteiger partial charge in [-0.2, -0.15) is 0 Å². The minimum atomic E-state index is 0.495. The van der Waals surface area contributed by atoms with Gasteiger partial charge in [0.1, 0.15) is 0 Å². The molecule has 0 rings (SSSR count). The molecular weight excluding hydrogens is 156 g/mol. The van der Waals surface area contributed by atoms with Crippen LogP contribution in [0.5, 0.6) is 0 Å². The topological polar surface area (TPSA) is 15.3 Å². The third kappa shape index (κ3) is 3.56. The van der Waals surface area contributed by atoms with E-state index in [0.717, 1.165) is 18.1 Å². The van der Waals surface area contributed by atoms with Crippen LogP contribution in [0.3, 0.4) is 0 Å². The average molecular weight is 174 g/mol. The van der Waals surface area contributed by atoms with E-state index < -0.39 is 0 Å². The smallest absolute Gasteiger partial charge is 0.168 e. The Bertz CT molecular complexity index is 123. The highest BCUT2D eigenvalue weighted by Gasteiger charge is 2.09. The Morgan fingerprint density at radius 3 is 2.36 bits per heavy atom. The highest BCUT2D eigenvalue weighted by atomic mass is 32.1. The molecule has 0 bridgehead atoms. The van der Waals surface area contributed by atoms with Crippen LogP contribution in [0.15, 0.2) is 0 Å². The minimum absolute atomic E-state index is 0.495. The maximum Gasteiger partial charge on any atom is 0.168 e. The van der Waals surface area contributed by atoms with E-state index in [2.05, 4.69) is 31.0 Å². The van der Waals surface area contributed by atoms with E-state index in [1.165, 1.54) is 0 Å². The van der Waals surface area contributed by atoms with Crippen molar-refractivity contribution in [1.82, 2.24) is 10.2 Å². The first-order chi connectivity index (χ1) is 5.13. The van der Waals surface area contributed by atoms with Crippen LogP contribution >= 0.6 is 12.2 Å². The second kappa shape index (κ2) is 5.35. The summed E-state index contributed by atoms with van der Waals surface area (Å²) in [6.07, 6.45) is 1.14. The van der Waals surface area contributed by atoms with Crippen molar-refractivity contribution in [2.24, 2.45) is 0 Å². The van der Waals surface area contributed by atoms with Gasteiger partial charge in [-0.25, -0.2) is 0 Å². The summed E-state index contributed by atoms with van der Waals surface area (Å²) in [5.41, 5.74) is 0. The summed E-state index contributed by atoms with van der Waals surface area (Å²) in [6, 6.07) is 0.495. The number of thiocarbonyl (C=S) groups is 1. The summed E-state index contributed by atoms with van der Waals surface area (Å²) < 4.78 is 0. The normalized spacial score (nSPS) is 9.91. The predicted molar refractivity (Wildman–Crippen MR) is 53.8 cm³/mol. The molecule has 0 saturated heterocycles. The molecule has 0 atom stereocenters. The van der Waals surface area contributed by atoms with Crippen LogP contribution in [0, 0.1) is 0 Å². The molecule has 0 radical (unpaired) electrons. The van der Waals surface area contributed by atoms with Crippen molar-refractivity contribution in [3.63, 3.8) is 0 Å². The zero-order valence-electron chi connectivity index (χ0n) is 7.85. The zero-order chi connectivity index (χ0) is 8.85. The van der Waals surface area contributed by atoms with Gasteiger partial charge in [0.2, 0.25) is 0 Å². The molecule has 0 saturated carbocycles. The molecule has 0 aliphatic rings. The van der Waals surface area contributed by atoms with E-state index in [9.17, 15) is 0 Å². The molecule has 0 aromatic carbocycles. The molecule has 0 unspecified atom stereocenters. The zero-order valence-corrected chi connectivity index (χ0v) is 8.66. The lowest BCUT2D eigenvalue weighted by molar-refractivity contribution is 0.347. The summed E-state index contributed by atoms with van der Waals surface area (Å²) in [5.74, 6) is 0. The summed E-state index contributed by atoms with van der Waals surface area (Å²) in [6.45, 7) is 7.50. The van der Waals surface area contributed by atoms with Gasteiger partial charge in [-0.15, -0.1) is 0 Å². The molecule has 0 heterocycles. The predicted octanol–water partition coefficient (Wildman–Crippen LogP) is 1.61. The van der Waals surface area contributed by atoms with E-state index in [1.54, 1.807) is 0 Å². The van der Waals surface area contributed by atoms with E-state index in [0.29, 0.717) is 6.04 Å². The highest BCUT2D eigenvalue weighted by molar-refractivity contribution is 7.80. The molecule has 11 heavy (non-hydrogen) atoms. The number of nitrogens with one attached hydrogen (secondary N) is 1. The molecule has 66 valence electrons. The van der Waals surface area contributed by atoms with Crippen molar-refractivity contribution in [1.29, 1.82) is 0 Å². The van der Waals surface area contributed by atoms with Crippen molar-refractivity contribution in [3.05, 3.63) is 0 Å². The Kier molecular flexibility index (Phi) is 5.20. The van der Waals surface area contributed by atoms with E-state index in [-0.39, 0.29) is 0 Å². The highest BCUT2D eigenvalue weighted by Crippen LogP contribution is 1.99. The fourth-order valence-electron chi connectivity index (χ4n) is 0.979. The summed E-state index contributed by atoms with van der Waals surface area (Å²) in [5, 5.41) is 3.84. The monoisotopic (exact) mass is 174 g/mol. The van der Waals surface area contributed by atoms with Gasteiger partial charge < -0.3 is 10.2 Å². The summed E-state index contributed by atoms with van der Waals surface area (Å²) in [7, 11) is 1.87. The van der Waals surface area contributed by atoms with Crippen LogP contribution in [0.4, 0.5) is 0 Å². The Hall–Kier alpha value is -0.310. The number of hydrogen-bond acceptors (Lipinski definition) is 1. The van der Waals surface area contributed by atoms with Crippen LogP contribution in [-0.2, 0) is 0 Å². The fraction of sp³-hybridized carbons (Fsp3) is 0.875. The van der Waals surface area contributed by atoms with Crippen LogP contribution < -0.4 is 5.32 Å². The third-order valence-electron chi connectivity index (χ3n) is 1.56. The Morgan fingerprint density at radius 2 is 2.09 bits per heavy atom. The van der Waals surface area contributed by atoms with Gasteiger partial charge in [-0.3, -0.25) is 0 Å². The lowest BCUT2D eigenvalue weighted by atomic mass is 10.3. The molecule has 0 aromatic rings. The lowest BCUT2D eigenvalue weighted by Gasteiger charge is -2.28. The molecule has 2 nitrogen and oxygen atoms in total. The number of nitrogens with zero attached hydrogens (tertiary/aromatic N) is 1. The van der Waals surface area contributed by atoms with Gasteiger partial charge >= 0.3 is 0 Å². The first-order valence-corrected chi connectivity index (χ1v) is 4.52. The Balaban J connectivity index is 3.98. The molecule has 0 spiro atoms. The first kappa shape index (κ1) is 10.7. The van der Waals surface area contributed by atoms with Crippen molar-refractivity contribution in [2.45, 2.75) is 33.2 Å². The first-order valence-electron chi connectivity index (χ1n) is 4.11. The van der Waals surface area contributed by atoms with Gasteiger partial charge in [0.05, 0.1) is 0 Å². The Morgan fingerprint density at radius 1 is 1.55 bits per heavy atom. The molecule has 3 heteroatoms. The molecule has 0 aliphatic heterocycles. The van der Waals surface area contributed by atoms with Crippen molar-refractivity contribution in [2.75, 3.05) is 13.6 Å². The van der Waals surface area contributed by atoms with Gasteiger partial charge in [0.25, 0.3) is 0 Å². The average Bonchev–Trinajstić information content (AvgIpc) is 1.98. The molecular formula is C8H18N2S. The summed E-state index contributed by atoms with van der Waals surface area (Å²) in [4.78, 5) is 2.19. The largest absolute Gasteiger partial charge is 0.366 e. The number of hydrogen-bond donors (Lipinski definition) is 1. The molecule has 0 fully saturated rings. The van der Waals surface area contributed by atoms with Gasteiger partial charge in [-0.1, -0.05) is 6.92 Å². The third-order valence-corrected chi connectivity index (χ3v) is 2.00. The molecule has 0 aliphatic carbocycles. The lowest BCUT2D eigenvalue weighted by Crippen LogP contribution is -2.42. The minimum Gasteiger partial charge on any atom is -0.366 e. The molecule has 0 aromatic heterocycles. The van der Waals surface area contributed by atoms with Crippen molar-refractivity contribution in [3.8, 4) is 0 Å². The molecule has 0 amide bonds. The SMILES string of the molecule is CCCN(C(=S)NC)C(C)C. The van der Waals surface area contributed by atoms with Crippen molar-refractivity contribution >= 4 is 17.3 Å². The van der Waals surface area contributed by atoms with E-state index in [4.69, 9.17) is 12.2 Å². The van der Waals surface area contributed by atoms with Gasteiger partial charge in [-0.05, 0) is 32.5 Å². The van der Waals surface area contributed by atoms with E-state index >= 15 is 0 Å². The maximum atomic E-state index is 5.13. The summed E-state index contributed by atoms with van der Waals surface area (Å²) >= 11 is 5.13. The fourth-order valence-corrected chi connectivity index (χ4v) is 1.28. The van der Waals surface area contributed by atoms with Gasteiger partial charge in [0, 0.05) is 19.6 Å². The quantitative estimate of drug-likeness (QED) is 0.654. The van der Waals surface area contributed by atoms with Crippen LogP contribution in [0.1, 0.15) is 27.2 Å². The number of rotatable bonds is 3. The van der Waals surface area contributed by atoms with Gasteiger partial charge in [0.15, 0.2) is 5.11 Å². The maximum absolute atomic E-state index is 5.13. The van der Waals surface area contributed by atoms with Crippen molar-refractivity contribution < 1.29 is 0 Å². The second-order valence-electron chi connectivity index (χ2n) is 2.84. The standard InChI is InChI=1S/C8H18N2S/c1-5-6-10(7(2)3)8(11)9-4/h7H,5-6H2,1-4H3,(H,9,11).